The predicted molar refractivity (Wildman–Crippen MR) is 81.4 cm³/mol. The van der Waals surface area contributed by atoms with Gasteiger partial charge in [0.2, 0.25) is 0 Å². The summed E-state index contributed by atoms with van der Waals surface area (Å²) in [7, 11) is 0. The minimum Gasteiger partial charge on any atom is -0.384 e. The van der Waals surface area contributed by atoms with Gasteiger partial charge in [-0.15, -0.1) is 11.3 Å². The SMILES string of the molecule is CCc1ccsc1CNCC(C)(O)c1ccccc1. The van der Waals surface area contributed by atoms with Crippen molar-refractivity contribution in [2.75, 3.05) is 6.54 Å². The Kier molecular flexibility index (Phi) is 4.75. The first-order valence-corrected chi connectivity index (χ1v) is 7.55. The molecule has 0 aliphatic heterocycles. The van der Waals surface area contributed by atoms with Gasteiger partial charge in [-0.3, -0.25) is 0 Å². The minimum atomic E-state index is -0.828. The molecule has 1 aromatic carbocycles. The zero-order valence-corrected chi connectivity index (χ0v) is 12.3. The van der Waals surface area contributed by atoms with Gasteiger partial charge in [0.25, 0.3) is 0 Å². The van der Waals surface area contributed by atoms with E-state index in [1.165, 1.54) is 10.4 Å². The maximum Gasteiger partial charge on any atom is 0.0992 e. The second kappa shape index (κ2) is 6.33. The van der Waals surface area contributed by atoms with E-state index in [1.54, 1.807) is 11.3 Å². The molecule has 2 rings (SSSR count). The normalized spacial score (nSPS) is 14.3. The molecule has 0 saturated heterocycles. The number of aliphatic hydroxyl groups is 1. The third kappa shape index (κ3) is 3.66. The highest BCUT2D eigenvalue weighted by molar-refractivity contribution is 7.10. The Hall–Kier alpha value is -1.16. The van der Waals surface area contributed by atoms with E-state index >= 15 is 0 Å². The molecule has 2 nitrogen and oxygen atoms in total. The van der Waals surface area contributed by atoms with Gasteiger partial charge < -0.3 is 10.4 Å². The molecule has 1 unspecified atom stereocenters. The molecule has 1 atom stereocenters. The second-order valence-electron chi connectivity index (χ2n) is 4.97. The number of benzene rings is 1. The van der Waals surface area contributed by atoms with Gasteiger partial charge in [-0.2, -0.15) is 0 Å². The zero-order valence-electron chi connectivity index (χ0n) is 11.5. The first-order chi connectivity index (χ1) is 9.13. The van der Waals surface area contributed by atoms with E-state index in [2.05, 4.69) is 23.7 Å². The lowest BCUT2D eigenvalue weighted by Gasteiger charge is -2.24. The molecular weight excluding hydrogens is 254 g/mol. The Balaban J connectivity index is 1.92. The van der Waals surface area contributed by atoms with Crippen molar-refractivity contribution in [1.29, 1.82) is 0 Å². The van der Waals surface area contributed by atoms with E-state index in [4.69, 9.17) is 0 Å². The molecule has 0 saturated carbocycles. The molecule has 2 N–H and O–H groups in total. The van der Waals surface area contributed by atoms with Crippen LogP contribution in [0.15, 0.2) is 41.8 Å². The number of hydrogen-bond acceptors (Lipinski definition) is 3. The standard InChI is InChI=1S/C16H21NOS/c1-3-13-9-10-19-15(13)11-17-12-16(2,18)14-7-5-4-6-8-14/h4-10,17-18H,3,11-12H2,1-2H3. The van der Waals surface area contributed by atoms with E-state index in [-0.39, 0.29) is 0 Å². The maximum atomic E-state index is 10.5. The average molecular weight is 275 g/mol. The fourth-order valence-electron chi connectivity index (χ4n) is 2.16. The summed E-state index contributed by atoms with van der Waals surface area (Å²) >= 11 is 1.78. The summed E-state index contributed by atoms with van der Waals surface area (Å²) in [4.78, 5) is 1.37. The van der Waals surface area contributed by atoms with Crippen molar-refractivity contribution in [3.63, 3.8) is 0 Å². The topological polar surface area (TPSA) is 32.3 Å². The lowest BCUT2D eigenvalue weighted by Crippen LogP contribution is -2.35. The van der Waals surface area contributed by atoms with Gasteiger partial charge in [0.1, 0.15) is 0 Å². The number of hydrogen-bond donors (Lipinski definition) is 2. The maximum absolute atomic E-state index is 10.5. The number of aryl methyl sites for hydroxylation is 1. The average Bonchev–Trinajstić information content (AvgIpc) is 2.87. The van der Waals surface area contributed by atoms with Crippen LogP contribution in [0, 0.1) is 0 Å². The number of rotatable bonds is 6. The lowest BCUT2D eigenvalue weighted by molar-refractivity contribution is 0.0567. The van der Waals surface area contributed by atoms with Gasteiger partial charge in [0, 0.05) is 18.0 Å². The molecule has 0 spiro atoms. The Labute approximate surface area is 119 Å². The monoisotopic (exact) mass is 275 g/mol. The molecule has 2 aromatic rings. The fourth-order valence-corrected chi connectivity index (χ4v) is 3.10. The van der Waals surface area contributed by atoms with Gasteiger partial charge >= 0.3 is 0 Å². The molecule has 0 fully saturated rings. The number of nitrogens with one attached hydrogen (secondary N) is 1. The Morgan fingerprint density at radius 3 is 2.63 bits per heavy atom. The van der Waals surface area contributed by atoms with E-state index < -0.39 is 5.60 Å². The van der Waals surface area contributed by atoms with Gasteiger partial charge in [0.15, 0.2) is 0 Å². The van der Waals surface area contributed by atoms with Crippen molar-refractivity contribution in [1.82, 2.24) is 5.32 Å². The molecule has 0 radical (unpaired) electrons. The molecule has 0 aliphatic carbocycles. The van der Waals surface area contributed by atoms with Crippen molar-refractivity contribution >= 4 is 11.3 Å². The quantitative estimate of drug-likeness (QED) is 0.847. The molecule has 1 aromatic heterocycles. The molecule has 102 valence electrons. The summed E-state index contributed by atoms with van der Waals surface area (Å²) in [5.74, 6) is 0. The number of thiophene rings is 1. The van der Waals surface area contributed by atoms with Crippen LogP contribution in [0.4, 0.5) is 0 Å². The highest BCUT2D eigenvalue weighted by Gasteiger charge is 2.22. The first kappa shape index (κ1) is 14.3. The second-order valence-corrected chi connectivity index (χ2v) is 5.97. The van der Waals surface area contributed by atoms with E-state index in [0.29, 0.717) is 6.54 Å². The third-order valence-electron chi connectivity index (χ3n) is 3.37. The van der Waals surface area contributed by atoms with Gasteiger partial charge in [-0.25, -0.2) is 0 Å². The van der Waals surface area contributed by atoms with Gasteiger partial charge in [-0.05, 0) is 35.9 Å². The van der Waals surface area contributed by atoms with E-state index in [0.717, 1.165) is 18.5 Å². The van der Waals surface area contributed by atoms with Crippen LogP contribution in [0.5, 0.6) is 0 Å². The van der Waals surface area contributed by atoms with Crippen molar-refractivity contribution in [3.8, 4) is 0 Å². The Morgan fingerprint density at radius 1 is 1.21 bits per heavy atom. The fraction of sp³-hybridized carbons (Fsp3) is 0.375. The molecule has 0 bridgehead atoms. The van der Waals surface area contributed by atoms with Crippen molar-refractivity contribution in [3.05, 3.63) is 57.8 Å². The first-order valence-electron chi connectivity index (χ1n) is 6.67. The lowest BCUT2D eigenvalue weighted by atomic mass is 9.96. The van der Waals surface area contributed by atoms with Crippen LogP contribution in [0.1, 0.15) is 29.9 Å². The zero-order chi connectivity index (χ0) is 13.7. The molecule has 0 aliphatic rings. The summed E-state index contributed by atoms with van der Waals surface area (Å²) < 4.78 is 0. The predicted octanol–water partition coefficient (Wildman–Crippen LogP) is 3.31. The summed E-state index contributed by atoms with van der Waals surface area (Å²) in [6.07, 6.45) is 1.07. The van der Waals surface area contributed by atoms with Crippen LogP contribution in [0.25, 0.3) is 0 Å². The van der Waals surface area contributed by atoms with Crippen LogP contribution in [-0.4, -0.2) is 11.7 Å². The van der Waals surface area contributed by atoms with Crippen molar-refractivity contribution in [2.24, 2.45) is 0 Å². The molecule has 1 heterocycles. The van der Waals surface area contributed by atoms with Crippen LogP contribution in [0.3, 0.4) is 0 Å². The van der Waals surface area contributed by atoms with Crippen LogP contribution < -0.4 is 5.32 Å². The van der Waals surface area contributed by atoms with E-state index in [9.17, 15) is 5.11 Å². The summed E-state index contributed by atoms with van der Waals surface area (Å²) in [5.41, 5.74) is 1.52. The summed E-state index contributed by atoms with van der Waals surface area (Å²) in [5, 5.41) is 16.0. The van der Waals surface area contributed by atoms with Crippen LogP contribution in [-0.2, 0) is 18.6 Å². The molecule has 3 heteroatoms. The largest absolute Gasteiger partial charge is 0.384 e. The Bertz CT molecular complexity index is 504. The highest BCUT2D eigenvalue weighted by atomic mass is 32.1. The minimum absolute atomic E-state index is 0.554. The van der Waals surface area contributed by atoms with Gasteiger partial charge in [-0.1, -0.05) is 37.3 Å². The summed E-state index contributed by atoms with van der Waals surface area (Å²) in [6.45, 7) is 5.40. The molecular formula is C16H21NOS. The van der Waals surface area contributed by atoms with Crippen LogP contribution in [0.2, 0.25) is 0 Å². The molecule has 0 amide bonds. The van der Waals surface area contributed by atoms with Crippen LogP contribution >= 0.6 is 11.3 Å². The van der Waals surface area contributed by atoms with E-state index in [1.807, 2.05) is 37.3 Å². The highest BCUT2D eigenvalue weighted by Crippen LogP contribution is 2.20. The van der Waals surface area contributed by atoms with Crippen molar-refractivity contribution in [2.45, 2.75) is 32.4 Å². The van der Waals surface area contributed by atoms with Gasteiger partial charge in [0.05, 0.1) is 5.60 Å². The summed E-state index contributed by atoms with van der Waals surface area (Å²) in [6, 6.07) is 12.0. The third-order valence-corrected chi connectivity index (χ3v) is 4.33. The van der Waals surface area contributed by atoms with Crippen molar-refractivity contribution < 1.29 is 5.11 Å². The Morgan fingerprint density at radius 2 is 1.95 bits per heavy atom. The smallest absolute Gasteiger partial charge is 0.0992 e. The molecule has 19 heavy (non-hydrogen) atoms.